The second-order valence-electron chi connectivity index (χ2n) is 12.5. The predicted molar refractivity (Wildman–Crippen MR) is 213 cm³/mol. The molecule has 4 heterocycles. The van der Waals surface area contributed by atoms with Gasteiger partial charge in [0.2, 0.25) is 0 Å². The first-order valence-electron chi connectivity index (χ1n) is 16.6. The van der Waals surface area contributed by atoms with Gasteiger partial charge in [0.25, 0.3) is 0 Å². The highest BCUT2D eigenvalue weighted by atomic mass is 32.1. The Morgan fingerprint density at radius 3 is 1.64 bits per heavy atom. The number of benzene rings is 6. The fourth-order valence-corrected chi connectivity index (χ4v) is 9.07. The molecule has 0 radical (unpaired) electrons. The average Bonchev–Trinajstić information content (AvgIpc) is 3.76. The number of aromatic nitrogens is 3. The molecule has 0 N–H and O–H groups in total. The fraction of sp³-hybridized carbons (Fsp3) is 0. The molecule has 234 valence electrons. The Hall–Kier alpha value is -6.01. The molecule has 5 heteroatoms. The third-order valence-corrected chi connectivity index (χ3v) is 11.7. The first-order valence-corrected chi connectivity index (χ1v) is 18.2. The first kappa shape index (κ1) is 29.0. The van der Waals surface area contributed by atoms with Gasteiger partial charge in [-0.3, -0.25) is 4.98 Å². The van der Waals surface area contributed by atoms with E-state index in [0.29, 0.717) is 5.82 Å². The molecular weight excluding hydrogens is 647 g/mol. The van der Waals surface area contributed by atoms with Crippen molar-refractivity contribution in [1.82, 2.24) is 15.0 Å². The summed E-state index contributed by atoms with van der Waals surface area (Å²) in [6.07, 6.45) is 3.68. The minimum Gasteiger partial charge on any atom is -0.264 e. The van der Waals surface area contributed by atoms with Crippen LogP contribution in [0.4, 0.5) is 0 Å². The molecule has 0 amide bonds. The average molecular weight is 674 g/mol. The Balaban J connectivity index is 1.07. The van der Waals surface area contributed by atoms with Gasteiger partial charge in [0, 0.05) is 69.4 Å². The van der Waals surface area contributed by atoms with E-state index < -0.39 is 0 Å². The Kier molecular flexibility index (Phi) is 6.86. The smallest absolute Gasteiger partial charge is 0.160 e. The van der Waals surface area contributed by atoms with Gasteiger partial charge in [0.15, 0.2) is 5.82 Å². The third-order valence-electron chi connectivity index (χ3n) is 9.43. The summed E-state index contributed by atoms with van der Waals surface area (Å²) >= 11 is 3.68. The number of nitrogens with zero attached hydrogens (tertiary/aromatic N) is 3. The second-order valence-corrected chi connectivity index (χ2v) is 14.6. The van der Waals surface area contributed by atoms with E-state index in [-0.39, 0.29) is 0 Å². The van der Waals surface area contributed by atoms with E-state index in [1.165, 1.54) is 51.5 Å². The van der Waals surface area contributed by atoms with Crippen LogP contribution in [0.2, 0.25) is 0 Å². The number of hydrogen-bond donors (Lipinski definition) is 0. The lowest BCUT2D eigenvalue weighted by atomic mass is 10.00. The van der Waals surface area contributed by atoms with Crippen LogP contribution in [0.15, 0.2) is 164 Å². The standard InChI is InChI=1S/C45H27N3S2/c1-3-9-41-35(7-1)37-21-19-32(25-44(37)50-41)28-11-15-30(16-12-28)39-26-40(33-20-22-43-38(24-33)36-8-2-4-10-42(36)49-43)48-45(47-39)31-17-13-29(14-18-31)34-6-5-23-46-27-34/h1-27H. The van der Waals surface area contributed by atoms with Crippen molar-refractivity contribution in [3.05, 3.63) is 164 Å². The summed E-state index contributed by atoms with van der Waals surface area (Å²) in [6, 6.07) is 54.1. The van der Waals surface area contributed by atoms with Gasteiger partial charge in [-0.05, 0) is 64.7 Å². The Morgan fingerprint density at radius 2 is 0.900 bits per heavy atom. The molecule has 0 aliphatic rings. The van der Waals surface area contributed by atoms with Crippen LogP contribution in [0.5, 0.6) is 0 Å². The second kappa shape index (κ2) is 11.8. The summed E-state index contributed by atoms with van der Waals surface area (Å²) < 4.78 is 5.20. The molecule has 3 nitrogen and oxygen atoms in total. The summed E-state index contributed by atoms with van der Waals surface area (Å²) in [5.74, 6) is 0.699. The van der Waals surface area contributed by atoms with E-state index in [4.69, 9.17) is 9.97 Å². The molecule has 10 aromatic rings. The highest BCUT2D eigenvalue weighted by Gasteiger charge is 2.14. The maximum atomic E-state index is 5.17. The monoisotopic (exact) mass is 673 g/mol. The van der Waals surface area contributed by atoms with E-state index in [0.717, 1.165) is 39.2 Å². The molecule has 6 aromatic carbocycles. The van der Waals surface area contributed by atoms with Gasteiger partial charge >= 0.3 is 0 Å². The van der Waals surface area contributed by atoms with Crippen LogP contribution in [0.3, 0.4) is 0 Å². The molecule has 0 unspecified atom stereocenters. The lowest BCUT2D eigenvalue weighted by Gasteiger charge is -2.11. The molecule has 10 rings (SSSR count). The maximum Gasteiger partial charge on any atom is 0.160 e. The number of pyridine rings is 1. The van der Waals surface area contributed by atoms with Crippen LogP contribution >= 0.6 is 22.7 Å². The van der Waals surface area contributed by atoms with Gasteiger partial charge in [-0.25, -0.2) is 9.97 Å². The highest BCUT2D eigenvalue weighted by Crippen LogP contribution is 2.39. The predicted octanol–water partition coefficient (Wildman–Crippen LogP) is 12.9. The van der Waals surface area contributed by atoms with Gasteiger partial charge in [-0.2, -0.15) is 0 Å². The fourth-order valence-electron chi connectivity index (χ4n) is 6.84. The van der Waals surface area contributed by atoms with Crippen molar-refractivity contribution in [3.8, 4) is 56.2 Å². The van der Waals surface area contributed by atoms with Crippen LogP contribution in [-0.2, 0) is 0 Å². The van der Waals surface area contributed by atoms with E-state index in [1.807, 2.05) is 34.9 Å². The maximum absolute atomic E-state index is 5.17. The van der Waals surface area contributed by atoms with E-state index >= 15 is 0 Å². The molecule has 0 atom stereocenters. The van der Waals surface area contributed by atoms with E-state index in [2.05, 4.69) is 151 Å². The van der Waals surface area contributed by atoms with Crippen molar-refractivity contribution in [2.24, 2.45) is 0 Å². The molecular formula is C45H27N3S2. The van der Waals surface area contributed by atoms with Crippen LogP contribution in [0.1, 0.15) is 0 Å². The Bertz CT molecular complexity index is 2850. The van der Waals surface area contributed by atoms with E-state index in [9.17, 15) is 0 Å². The summed E-state index contributed by atoms with van der Waals surface area (Å²) in [7, 11) is 0. The summed E-state index contributed by atoms with van der Waals surface area (Å²) in [5.41, 5.74) is 9.47. The topological polar surface area (TPSA) is 38.7 Å². The van der Waals surface area contributed by atoms with Crippen LogP contribution in [0, 0.1) is 0 Å². The summed E-state index contributed by atoms with van der Waals surface area (Å²) in [4.78, 5) is 14.6. The summed E-state index contributed by atoms with van der Waals surface area (Å²) in [6.45, 7) is 0. The number of hydrogen-bond acceptors (Lipinski definition) is 5. The summed E-state index contributed by atoms with van der Waals surface area (Å²) in [5, 5.41) is 5.17. The lowest BCUT2D eigenvalue weighted by Crippen LogP contribution is -1.96. The Labute approximate surface area is 296 Å². The molecule has 0 aliphatic carbocycles. The zero-order chi connectivity index (χ0) is 33.0. The van der Waals surface area contributed by atoms with Gasteiger partial charge in [-0.15, -0.1) is 22.7 Å². The number of thiophene rings is 2. The molecule has 0 spiro atoms. The zero-order valence-corrected chi connectivity index (χ0v) is 28.4. The van der Waals surface area contributed by atoms with Gasteiger partial charge in [0.05, 0.1) is 11.4 Å². The van der Waals surface area contributed by atoms with Crippen LogP contribution in [0.25, 0.3) is 96.5 Å². The quantitative estimate of drug-likeness (QED) is 0.182. The van der Waals surface area contributed by atoms with Gasteiger partial charge < -0.3 is 0 Å². The molecule has 0 aliphatic heterocycles. The highest BCUT2D eigenvalue weighted by molar-refractivity contribution is 7.26. The zero-order valence-electron chi connectivity index (χ0n) is 26.7. The van der Waals surface area contributed by atoms with Gasteiger partial charge in [0.1, 0.15) is 0 Å². The third kappa shape index (κ3) is 5.07. The minimum absolute atomic E-state index is 0.699. The van der Waals surface area contributed by atoms with Crippen molar-refractivity contribution < 1.29 is 0 Å². The van der Waals surface area contributed by atoms with E-state index in [1.54, 1.807) is 6.20 Å². The largest absolute Gasteiger partial charge is 0.264 e. The van der Waals surface area contributed by atoms with Gasteiger partial charge in [-0.1, -0.05) is 109 Å². The van der Waals surface area contributed by atoms with Crippen LogP contribution in [-0.4, -0.2) is 15.0 Å². The molecule has 4 aromatic heterocycles. The lowest BCUT2D eigenvalue weighted by molar-refractivity contribution is 1.18. The molecule has 0 bridgehead atoms. The molecule has 50 heavy (non-hydrogen) atoms. The van der Waals surface area contributed by atoms with Crippen LogP contribution < -0.4 is 0 Å². The molecule has 0 saturated carbocycles. The number of rotatable bonds is 5. The SMILES string of the molecule is c1cncc(-c2ccc(-c3nc(-c4ccc(-c5ccc6c(c5)sc5ccccc56)cc4)cc(-c4ccc5sc6ccccc6c5c4)n3)cc2)c1. The molecule has 0 fully saturated rings. The van der Waals surface area contributed by atoms with Crippen molar-refractivity contribution in [3.63, 3.8) is 0 Å². The van der Waals surface area contributed by atoms with Crippen molar-refractivity contribution in [2.75, 3.05) is 0 Å². The molecule has 0 saturated heterocycles. The van der Waals surface area contributed by atoms with Crippen molar-refractivity contribution in [1.29, 1.82) is 0 Å². The Morgan fingerprint density at radius 1 is 0.340 bits per heavy atom. The normalized spacial score (nSPS) is 11.6. The number of fused-ring (bicyclic) bond motifs is 6. The van der Waals surface area contributed by atoms with Crippen molar-refractivity contribution in [2.45, 2.75) is 0 Å². The first-order chi connectivity index (χ1) is 24.7. The minimum atomic E-state index is 0.699. The van der Waals surface area contributed by atoms with Crippen molar-refractivity contribution >= 4 is 63.0 Å².